The molecule has 38 nitrogen and oxygen atoms in total. The van der Waals surface area contributed by atoms with Crippen LogP contribution in [0.3, 0.4) is 0 Å². The van der Waals surface area contributed by atoms with Gasteiger partial charge in [0.15, 0.2) is 24.9 Å². The molecule has 10 rings (SSSR count). The van der Waals surface area contributed by atoms with E-state index < -0.39 is 160 Å². The first-order chi connectivity index (χ1) is 45.5. The maximum Gasteiger partial charge on any atom is 0.490 e. The number of aliphatic hydroxyl groups excluding tert-OH is 11. The van der Waals surface area contributed by atoms with Gasteiger partial charge < -0.3 is 116 Å². The van der Waals surface area contributed by atoms with Crippen molar-refractivity contribution in [3.8, 4) is 11.8 Å². The largest absolute Gasteiger partial charge is 0.505 e. The van der Waals surface area contributed by atoms with Crippen LogP contribution in [-0.4, -0.2) is 275 Å². The van der Waals surface area contributed by atoms with Gasteiger partial charge in [-0.2, -0.15) is 8.62 Å². The number of carbonyl (C=O) groups excluding carboxylic acids is 5. The second kappa shape index (κ2) is 39.1. The summed E-state index contributed by atoms with van der Waals surface area (Å²) in [5.74, 6) is 4.76. The molecule has 24 atom stereocenters. The molecule has 0 bridgehead atoms. The summed E-state index contributed by atoms with van der Waals surface area (Å²) in [6.07, 6.45) is -2.60. The van der Waals surface area contributed by atoms with Gasteiger partial charge in [-0.05, 0) is 59.4 Å². The Hall–Kier alpha value is -3.13. The SMILES string of the molecule is C=COC.CC(=O)CC#CC1=CN(C2OC(CO)C(O)C2O)C(=O)CC1N.NC1CC(=O)N(C2OC(CO)C(O)C2O)C=C1I.O=C1CC2CC=CC2=CN1C1OC(CO)C(O)C1O.O=C1NC2CC=CC2=CN1C1OC(COP(=O)(O)OP(=O)(O)OP(=O)(O)O)C(O)C1O.PP.[Pd]. The number of phosphoric acid groups is 3. The van der Waals surface area contributed by atoms with Crippen molar-refractivity contribution in [2.24, 2.45) is 17.4 Å². The Bertz CT molecular complexity index is 3220. The van der Waals surface area contributed by atoms with E-state index in [0.717, 1.165) is 30.9 Å². The summed E-state index contributed by atoms with van der Waals surface area (Å²) in [7, 11) is -10.5. The molecule has 8 aliphatic heterocycles. The van der Waals surface area contributed by atoms with E-state index >= 15 is 0 Å². The minimum absolute atomic E-state index is 0. The number of halogens is 1. The van der Waals surface area contributed by atoms with Crippen LogP contribution in [0, 0.1) is 17.8 Å². The Balaban J connectivity index is 0.000000274. The molecule has 10 aliphatic rings. The van der Waals surface area contributed by atoms with Crippen molar-refractivity contribution in [3.05, 3.63) is 82.2 Å². The first kappa shape index (κ1) is 87.3. The zero-order valence-electron chi connectivity index (χ0n) is 51.9. The van der Waals surface area contributed by atoms with Gasteiger partial charge in [-0.3, -0.25) is 43.3 Å². The van der Waals surface area contributed by atoms with Gasteiger partial charge in [0.1, 0.15) is 79.0 Å². The fourth-order valence-corrected chi connectivity index (χ4v) is 13.9. The average Bonchev–Trinajstić information content (AvgIpc) is 1.63. The Kier molecular flexibility index (Phi) is 34.8. The number of phosphoric ester groups is 1. The number of nitrogens with two attached hydrogens (primary N) is 2. The number of urea groups is 1. The van der Waals surface area contributed by atoms with E-state index in [1.807, 2.05) is 40.8 Å². The van der Waals surface area contributed by atoms with Crippen LogP contribution in [0.5, 0.6) is 0 Å². The van der Waals surface area contributed by atoms with E-state index in [-0.39, 0.29) is 81.2 Å². The fourth-order valence-electron chi connectivity index (χ4n) is 10.4. The van der Waals surface area contributed by atoms with Crippen molar-refractivity contribution in [2.75, 3.05) is 33.5 Å². The summed E-state index contributed by atoms with van der Waals surface area (Å²) in [4.78, 5) is 99.5. The van der Waals surface area contributed by atoms with Crippen molar-refractivity contribution in [1.29, 1.82) is 0 Å². The number of allylic oxidation sites excluding steroid dienone is 3. The van der Waals surface area contributed by atoms with Gasteiger partial charge in [0, 0.05) is 85.7 Å². The first-order valence-corrected chi connectivity index (χ1v) is 37.3. The number of methoxy groups -OCH3 is 1. The third kappa shape index (κ3) is 23.2. The number of fused-ring (bicyclic) bond motifs is 2. The van der Waals surface area contributed by atoms with Crippen molar-refractivity contribution in [2.45, 2.75) is 162 Å². The smallest absolute Gasteiger partial charge is 0.490 e. The summed E-state index contributed by atoms with van der Waals surface area (Å²) < 4.78 is 71.7. The molecule has 24 unspecified atom stereocenters. The first-order valence-electron chi connectivity index (χ1n) is 29.0. The second-order valence-corrected chi connectivity index (χ2v) is 27.8. The minimum Gasteiger partial charge on any atom is -0.505 e. The Labute approximate surface area is 592 Å². The molecular weight excluding hydrogens is 1620 g/mol. The Morgan fingerprint density at radius 3 is 1.54 bits per heavy atom. The number of Topliss-reactive ketones (excluding diaryl/α,β-unsaturated/α-hetero) is 1. The number of nitrogens with one attached hydrogen (secondary N) is 1. The topological polar surface area (TPSA) is 591 Å². The summed E-state index contributed by atoms with van der Waals surface area (Å²) >= 11 is 2.01. The van der Waals surface area contributed by atoms with Crippen LogP contribution in [0.2, 0.25) is 0 Å². The standard InChI is InChI=1S/C15H20N2O6.C13H17NO5.C12H19N2O14P3.C10H15IN2O5.C3H6O.H4P2.Pd/c1-8(19)3-2-4-9-6-17(12(20)5-10(9)16)15-14(22)13(21)11(7-18)23-15;15-6-9-11(17)12(18)13(19-9)14-5-8-3-1-2-7(8)4-10(14)16;15-9-8(5-25-30(21,22)28-31(23,24)27-29(18,19)20)26-11(10(9)16)14-4-6-2-1-3-7(6)13-12(14)17;11-4-2-13(7(15)1-5(4)12)10-9(17)8(16)6(3-14)18-10;1-3-4-2;1-2;/h6,10-11,13-15,18,21-22H,3,5,7,16H2,1H3;1,3,5,7,9,11-13,15,17-18H,2,4,6H2;1-2,4,7-11,15-16H,3,5H2,(H,13,17)(H,21,22)(H,23,24)(H2,18,19,20);2,5-6,8-10,14,16-17H,1,3,12H2;3H,1H2,2H3;1-2H2;. The molecule has 98 heavy (non-hydrogen) atoms. The number of rotatable bonds is 16. The number of hydrogen-bond donors (Lipinski definition) is 18. The fraction of sp³-hybridized carbons (Fsp3) is 0.604. The van der Waals surface area contributed by atoms with Gasteiger partial charge in [-0.1, -0.05) is 42.7 Å². The van der Waals surface area contributed by atoms with Crippen LogP contribution in [0.25, 0.3) is 0 Å². The normalized spacial score (nSPS) is 34.8. The van der Waals surface area contributed by atoms with Gasteiger partial charge in [0.05, 0.1) is 52.3 Å². The zero-order valence-corrected chi connectivity index (χ0v) is 60.6. The zero-order chi connectivity index (χ0) is 72.8. The Morgan fingerprint density at radius 1 is 0.653 bits per heavy atom. The van der Waals surface area contributed by atoms with E-state index in [2.05, 4.69) is 59.5 Å². The molecule has 0 spiro atoms. The van der Waals surface area contributed by atoms with E-state index in [1.54, 1.807) is 19.4 Å². The van der Waals surface area contributed by atoms with Crippen molar-refractivity contribution in [1.82, 2.24) is 24.9 Å². The van der Waals surface area contributed by atoms with Crippen molar-refractivity contribution in [3.63, 3.8) is 0 Å². The molecule has 5 amide bonds. The van der Waals surface area contributed by atoms with Crippen LogP contribution in [0.1, 0.15) is 45.4 Å². The summed E-state index contributed by atoms with van der Waals surface area (Å²) in [6, 6.07) is -1.79. The van der Waals surface area contributed by atoms with Crippen LogP contribution >= 0.6 is 63.9 Å². The van der Waals surface area contributed by atoms with Crippen molar-refractivity contribution < 1.29 is 171 Å². The maximum atomic E-state index is 12.3. The molecule has 20 N–H and O–H groups in total. The number of aliphatic hydroxyl groups is 11. The molecule has 4 saturated heterocycles. The van der Waals surface area contributed by atoms with Crippen molar-refractivity contribution >= 4 is 93.5 Å². The van der Waals surface area contributed by atoms with Crippen LogP contribution in [-0.2, 0) is 90.1 Å². The Morgan fingerprint density at radius 2 is 1.07 bits per heavy atom. The quantitative estimate of drug-likeness (QED) is 0.0228. The molecule has 0 aromatic heterocycles. The minimum atomic E-state index is -5.71. The summed E-state index contributed by atoms with van der Waals surface area (Å²) in [5.41, 5.74) is 13.8. The number of nitrogens with zero attached hydrogens (tertiary/aromatic N) is 4. The van der Waals surface area contributed by atoms with Gasteiger partial charge in [-0.25, -0.2) is 18.5 Å². The summed E-state index contributed by atoms with van der Waals surface area (Å²) in [6.45, 7) is 2.40. The molecule has 0 aromatic rings. The van der Waals surface area contributed by atoms with E-state index in [1.165, 1.54) is 41.6 Å². The van der Waals surface area contributed by atoms with Crippen LogP contribution in [0.15, 0.2) is 82.2 Å². The van der Waals surface area contributed by atoms with Gasteiger partial charge in [0.25, 0.3) is 0 Å². The summed E-state index contributed by atoms with van der Waals surface area (Å²) in [5, 5.41) is 109. The molecule has 0 aromatic carbocycles. The molecule has 556 valence electrons. The second-order valence-electron chi connectivity index (χ2n) is 22.2. The number of amides is 5. The molecule has 8 heterocycles. The number of ketones is 1. The van der Waals surface area contributed by atoms with E-state index in [4.69, 9.17) is 60.4 Å². The number of carbonyl (C=O) groups is 5. The number of hydrogen-bond acceptors (Lipinski definition) is 29. The van der Waals surface area contributed by atoms with Gasteiger partial charge >= 0.3 is 29.5 Å². The van der Waals surface area contributed by atoms with E-state index in [0.29, 0.717) is 18.4 Å². The van der Waals surface area contributed by atoms with E-state index in [9.17, 15) is 83.4 Å². The predicted molar refractivity (Wildman–Crippen MR) is 345 cm³/mol. The molecule has 45 heteroatoms. The number of ether oxygens (including phenoxy) is 5. The third-order valence-corrected chi connectivity index (χ3v) is 20.2. The van der Waals surface area contributed by atoms with Gasteiger partial charge in [0.2, 0.25) is 17.7 Å². The average molecular weight is 1700 g/mol. The maximum absolute atomic E-state index is 12.3. The molecule has 0 radical (unpaired) electrons. The third-order valence-electron chi connectivity index (χ3n) is 15.3. The molecular formula is C53H81IN7O31P5Pd. The van der Waals surface area contributed by atoms with Gasteiger partial charge in [-0.15, -0.1) is 17.9 Å². The van der Waals surface area contributed by atoms with Crippen LogP contribution < -0.4 is 16.8 Å². The molecule has 2 aliphatic carbocycles. The molecule has 0 saturated carbocycles. The molecule has 4 fully saturated rings. The monoisotopic (exact) mass is 1700 g/mol. The van der Waals surface area contributed by atoms with Crippen LogP contribution in [0.4, 0.5) is 4.79 Å². The predicted octanol–water partition coefficient (Wildman–Crippen LogP) is -4.33.